The number of hydrogen-bond acceptors (Lipinski definition) is 4. The van der Waals surface area contributed by atoms with Crippen LogP contribution in [0, 0.1) is 0 Å². The van der Waals surface area contributed by atoms with Gasteiger partial charge in [-0.15, -0.1) is 0 Å². The first-order chi connectivity index (χ1) is 11.0. The van der Waals surface area contributed by atoms with Crippen LogP contribution in [0.2, 0.25) is 0 Å². The zero-order valence-electron chi connectivity index (χ0n) is 12.1. The van der Waals surface area contributed by atoms with Crippen molar-refractivity contribution >= 4 is 22.4 Å². The van der Waals surface area contributed by atoms with Crippen molar-refractivity contribution in [3.63, 3.8) is 0 Å². The number of fused-ring (bicyclic) bond motifs is 1. The van der Waals surface area contributed by atoms with Gasteiger partial charge in [-0.25, -0.2) is 0 Å². The lowest BCUT2D eigenvalue weighted by Gasteiger charge is -2.13. The third-order valence-electron chi connectivity index (χ3n) is 3.28. The third kappa shape index (κ3) is 3.18. The Kier molecular flexibility index (Phi) is 3.77. The molecule has 1 heterocycles. The Hall–Kier alpha value is -2.83. The number of aromatic nitrogens is 2. The topological polar surface area (TPSA) is 47.0 Å². The van der Waals surface area contributed by atoms with Crippen LogP contribution in [0.1, 0.15) is 5.56 Å². The van der Waals surface area contributed by atoms with Crippen molar-refractivity contribution in [2.24, 2.45) is 0 Å². The molecule has 0 bridgehead atoms. The van der Waals surface area contributed by atoms with Crippen LogP contribution in [0.5, 0.6) is 5.75 Å². The van der Waals surface area contributed by atoms with Gasteiger partial charge in [0.05, 0.1) is 29.4 Å². The second-order valence-electron chi connectivity index (χ2n) is 4.80. The van der Waals surface area contributed by atoms with Gasteiger partial charge in [0.1, 0.15) is 5.75 Å². The number of anilines is 2. The van der Waals surface area contributed by atoms with Crippen molar-refractivity contribution in [1.29, 1.82) is 0 Å². The minimum atomic E-state index is -4.35. The lowest BCUT2D eigenvalue weighted by atomic mass is 10.2. The Morgan fingerprint density at radius 2 is 1.57 bits per heavy atom. The van der Waals surface area contributed by atoms with Crippen LogP contribution in [0.4, 0.5) is 24.5 Å². The van der Waals surface area contributed by atoms with Crippen LogP contribution in [-0.4, -0.2) is 17.1 Å². The van der Waals surface area contributed by atoms with Gasteiger partial charge in [-0.2, -0.15) is 13.2 Å². The first-order valence-corrected chi connectivity index (χ1v) is 6.70. The van der Waals surface area contributed by atoms with E-state index in [0.717, 1.165) is 12.1 Å². The molecule has 4 nitrogen and oxygen atoms in total. The number of nitrogens with zero attached hydrogens (tertiary/aromatic N) is 2. The predicted octanol–water partition coefficient (Wildman–Crippen LogP) is 4.40. The van der Waals surface area contributed by atoms with Gasteiger partial charge < -0.3 is 10.1 Å². The van der Waals surface area contributed by atoms with Crippen molar-refractivity contribution in [2.45, 2.75) is 6.18 Å². The number of rotatable bonds is 3. The largest absolute Gasteiger partial charge is 0.494 e. The molecule has 0 aliphatic heterocycles. The minimum absolute atomic E-state index is 0.513. The van der Waals surface area contributed by atoms with Crippen LogP contribution >= 0.6 is 0 Å². The lowest BCUT2D eigenvalue weighted by Crippen LogP contribution is -2.04. The molecule has 0 spiro atoms. The molecular formula is C16H12F3N3O. The van der Waals surface area contributed by atoms with Gasteiger partial charge in [0.15, 0.2) is 0 Å². The molecule has 23 heavy (non-hydrogen) atoms. The summed E-state index contributed by atoms with van der Waals surface area (Å²) >= 11 is 0. The molecule has 0 aliphatic rings. The van der Waals surface area contributed by atoms with E-state index in [9.17, 15) is 13.2 Å². The fourth-order valence-corrected chi connectivity index (χ4v) is 2.16. The molecule has 0 unspecified atom stereocenters. The van der Waals surface area contributed by atoms with Crippen molar-refractivity contribution in [1.82, 2.24) is 9.97 Å². The second-order valence-corrected chi connectivity index (χ2v) is 4.80. The SMILES string of the molecule is COc1cc2nccnc2cc1Nc1ccc(C(F)(F)F)cc1. The molecule has 3 aromatic rings. The number of alkyl halides is 3. The molecule has 0 saturated carbocycles. The molecule has 2 aromatic carbocycles. The van der Waals surface area contributed by atoms with E-state index in [-0.39, 0.29) is 0 Å². The summed E-state index contributed by atoms with van der Waals surface area (Å²) in [5.74, 6) is 0.526. The van der Waals surface area contributed by atoms with Gasteiger partial charge >= 0.3 is 6.18 Å². The van der Waals surface area contributed by atoms with Crippen molar-refractivity contribution in [2.75, 3.05) is 12.4 Å². The highest BCUT2D eigenvalue weighted by Gasteiger charge is 2.29. The summed E-state index contributed by atoms with van der Waals surface area (Å²) in [6, 6.07) is 8.23. The maximum atomic E-state index is 12.6. The summed E-state index contributed by atoms with van der Waals surface area (Å²) < 4.78 is 43.0. The monoisotopic (exact) mass is 319 g/mol. The van der Waals surface area contributed by atoms with Gasteiger partial charge in [-0.3, -0.25) is 9.97 Å². The maximum absolute atomic E-state index is 12.6. The van der Waals surface area contributed by atoms with E-state index in [1.54, 1.807) is 24.5 Å². The first-order valence-electron chi connectivity index (χ1n) is 6.70. The summed E-state index contributed by atoms with van der Waals surface area (Å²) in [6.45, 7) is 0. The van der Waals surface area contributed by atoms with Crippen LogP contribution in [-0.2, 0) is 6.18 Å². The fourth-order valence-electron chi connectivity index (χ4n) is 2.16. The van der Waals surface area contributed by atoms with E-state index in [0.29, 0.717) is 28.2 Å². The average molecular weight is 319 g/mol. The number of hydrogen-bond donors (Lipinski definition) is 1. The highest BCUT2D eigenvalue weighted by Crippen LogP contribution is 2.33. The standard InChI is InChI=1S/C16H12F3N3O/c1-23-15-9-13-12(20-6-7-21-13)8-14(15)22-11-4-2-10(3-5-11)16(17,18)19/h2-9,22H,1H3. The average Bonchev–Trinajstić information content (AvgIpc) is 2.54. The highest BCUT2D eigenvalue weighted by atomic mass is 19.4. The predicted molar refractivity (Wildman–Crippen MR) is 80.8 cm³/mol. The molecule has 0 fully saturated rings. The Morgan fingerprint density at radius 1 is 0.957 bits per heavy atom. The van der Waals surface area contributed by atoms with Gasteiger partial charge in [0.2, 0.25) is 0 Å². The quantitative estimate of drug-likeness (QED) is 0.777. The Morgan fingerprint density at radius 3 is 2.13 bits per heavy atom. The molecule has 0 radical (unpaired) electrons. The highest BCUT2D eigenvalue weighted by molar-refractivity contribution is 5.84. The van der Waals surface area contributed by atoms with E-state index < -0.39 is 11.7 Å². The molecule has 0 aliphatic carbocycles. The first kappa shape index (κ1) is 15.1. The molecule has 1 aromatic heterocycles. The number of benzene rings is 2. The van der Waals surface area contributed by atoms with E-state index in [4.69, 9.17) is 4.74 Å². The van der Waals surface area contributed by atoms with Gasteiger partial charge in [0.25, 0.3) is 0 Å². The zero-order valence-corrected chi connectivity index (χ0v) is 12.1. The normalized spacial score (nSPS) is 11.5. The van der Waals surface area contributed by atoms with Crippen LogP contribution < -0.4 is 10.1 Å². The van der Waals surface area contributed by atoms with Gasteiger partial charge in [0, 0.05) is 24.1 Å². The Balaban J connectivity index is 1.94. The maximum Gasteiger partial charge on any atom is 0.416 e. The second kappa shape index (κ2) is 5.75. The van der Waals surface area contributed by atoms with Gasteiger partial charge in [-0.1, -0.05) is 0 Å². The molecule has 118 valence electrons. The molecule has 1 N–H and O–H groups in total. The number of ether oxygens (including phenoxy) is 1. The molecule has 0 saturated heterocycles. The Labute approximate surface area is 129 Å². The van der Waals surface area contributed by atoms with Crippen LogP contribution in [0.25, 0.3) is 11.0 Å². The van der Waals surface area contributed by atoms with Crippen molar-refractivity contribution in [3.8, 4) is 5.75 Å². The van der Waals surface area contributed by atoms with E-state index >= 15 is 0 Å². The van der Waals surface area contributed by atoms with E-state index in [2.05, 4.69) is 15.3 Å². The number of methoxy groups -OCH3 is 1. The number of nitrogens with one attached hydrogen (secondary N) is 1. The fraction of sp³-hybridized carbons (Fsp3) is 0.125. The summed E-state index contributed by atoms with van der Waals surface area (Å²) in [6.07, 6.45) is -1.21. The van der Waals surface area contributed by atoms with Crippen LogP contribution in [0.3, 0.4) is 0 Å². The smallest absolute Gasteiger partial charge is 0.416 e. The lowest BCUT2D eigenvalue weighted by molar-refractivity contribution is -0.137. The molecule has 7 heteroatoms. The summed E-state index contributed by atoms with van der Waals surface area (Å²) in [4.78, 5) is 8.38. The molecular weight excluding hydrogens is 307 g/mol. The zero-order chi connectivity index (χ0) is 16.4. The Bertz CT molecular complexity index is 832. The minimum Gasteiger partial charge on any atom is -0.494 e. The summed E-state index contributed by atoms with van der Waals surface area (Å²) in [5.41, 5.74) is 1.74. The van der Waals surface area contributed by atoms with Crippen LogP contribution in [0.15, 0.2) is 48.8 Å². The van der Waals surface area contributed by atoms with Crippen molar-refractivity contribution in [3.05, 3.63) is 54.4 Å². The third-order valence-corrected chi connectivity index (χ3v) is 3.28. The summed E-state index contributed by atoms with van der Waals surface area (Å²) in [7, 11) is 1.51. The molecule has 3 rings (SSSR count). The van der Waals surface area contributed by atoms with Crippen molar-refractivity contribution < 1.29 is 17.9 Å². The van der Waals surface area contributed by atoms with Gasteiger partial charge in [-0.05, 0) is 30.3 Å². The van der Waals surface area contributed by atoms with E-state index in [1.807, 2.05) is 0 Å². The van der Waals surface area contributed by atoms with E-state index in [1.165, 1.54) is 19.2 Å². The molecule has 0 atom stereocenters. The summed E-state index contributed by atoms with van der Waals surface area (Å²) in [5, 5.41) is 3.03. The number of halogens is 3. The molecule has 0 amide bonds.